The molecule has 9 nitrogen and oxygen atoms in total. The van der Waals surface area contributed by atoms with Gasteiger partial charge in [0.15, 0.2) is 5.69 Å². The number of rotatable bonds is 4. The van der Waals surface area contributed by atoms with Gasteiger partial charge in [0.25, 0.3) is 11.8 Å². The van der Waals surface area contributed by atoms with Crippen molar-refractivity contribution >= 4 is 11.8 Å². The first kappa shape index (κ1) is 22.0. The average Bonchev–Trinajstić information content (AvgIpc) is 3.32. The van der Waals surface area contributed by atoms with Crippen LogP contribution in [0, 0.1) is 5.82 Å². The number of benzene rings is 2. The zero-order chi connectivity index (χ0) is 23.7. The Labute approximate surface area is 195 Å². The Morgan fingerprint density at radius 1 is 0.971 bits per heavy atom. The van der Waals surface area contributed by atoms with E-state index in [-0.39, 0.29) is 36.0 Å². The van der Waals surface area contributed by atoms with Crippen LogP contribution in [0.25, 0.3) is 0 Å². The molecule has 2 aromatic carbocycles. The number of carbonyl (C=O) groups is 2. The predicted octanol–water partition coefficient (Wildman–Crippen LogP) is 2.30. The molecule has 1 atom stereocenters. The summed E-state index contributed by atoms with van der Waals surface area (Å²) in [5, 5.41) is 8.34. The lowest BCUT2D eigenvalue weighted by atomic mass is 10.1. The molecule has 176 valence electrons. The lowest BCUT2D eigenvalue weighted by Crippen LogP contribution is -2.50. The summed E-state index contributed by atoms with van der Waals surface area (Å²) in [6.45, 7) is 2.24. The summed E-state index contributed by atoms with van der Waals surface area (Å²) in [4.78, 5) is 29.1. The van der Waals surface area contributed by atoms with Crippen LogP contribution in [0.2, 0.25) is 0 Å². The minimum atomic E-state index is -0.386. The number of halogens is 1. The van der Waals surface area contributed by atoms with E-state index in [1.807, 2.05) is 24.3 Å². The second kappa shape index (κ2) is 9.22. The molecule has 3 heterocycles. The Kier molecular flexibility index (Phi) is 5.97. The highest BCUT2D eigenvalue weighted by Crippen LogP contribution is 2.28. The lowest BCUT2D eigenvalue weighted by molar-refractivity contribution is -0.00204. The van der Waals surface area contributed by atoms with Crippen LogP contribution in [-0.4, -0.2) is 69.9 Å². The molecule has 3 aromatic rings. The molecule has 0 N–H and O–H groups in total. The van der Waals surface area contributed by atoms with Gasteiger partial charge in [0.1, 0.15) is 17.7 Å². The molecule has 0 unspecified atom stereocenters. The van der Waals surface area contributed by atoms with Crippen LogP contribution in [0.5, 0.6) is 5.75 Å². The number of amides is 2. The van der Waals surface area contributed by atoms with Crippen molar-refractivity contribution in [3.05, 3.63) is 76.9 Å². The smallest absolute Gasteiger partial charge is 0.276 e. The quantitative estimate of drug-likeness (QED) is 0.588. The van der Waals surface area contributed by atoms with Gasteiger partial charge in [0, 0.05) is 31.7 Å². The van der Waals surface area contributed by atoms with E-state index in [9.17, 15) is 14.0 Å². The van der Waals surface area contributed by atoms with Crippen molar-refractivity contribution in [2.24, 2.45) is 0 Å². The molecule has 0 bridgehead atoms. The van der Waals surface area contributed by atoms with Crippen molar-refractivity contribution in [2.45, 2.75) is 19.3 Å². The maximum absolute atomic E-state index is 13.1. The highest BCUT2D eigenvalue weighted by atomic mass is 19.1. The first-order chi connectivity index (χ1) is 16.5. The fraction of sp³-hybridized carbons (Fsp3) is 0.333. The molecule has 1 aromatic heterocycles. The third-order valence-electron chi connectivity index (χ3n) is 6.23. The molecule has 0 radical (unpaired) electrons. The first-order valence-corrected chi connectivity index (χ1v) is 11.1. The highest BCUT2D eigenvalue weighted by Gasteiger charge is 2.32. The number of piperazine rings is 1. The van der Waals surface area contributed by atoms with E-state index in [4.69, 9.17) is 9.47 Å². The molecule has 0 spiro atoms. The molecule has 5 rings (SSSR count). The van der Waals surface area contributed by atoms with Gasteiger partial charge in [-0.2, -0.15) is 0 Å². The summed E-state index contributed by atoms with van der Waals surface area (Å²) < 4.78 is 26.1. The molecule has 1 saturated heterocycles. The third kappa shape index (κ3) is 4.24. The summed E-state index contributed by atoms with van der Waals surface area (Å²) in [6, 6.07) is 13.1. The Hall–Kier alpha value is -3.79. The largest absolute Gasteiger partial charge is 0.497 e. The van der Waals surface area contributed by atoms with Gasteiger partial charge >= 0.3 is 0 Å². The van der Waals surface area contributed by atoms with E-state index in [0.29, 0.717) is 44.0 Å². The van der Waals surface area contributed by atoms with Crippen LogP contribution in [0.15, 0.2) is 48.5 Å². The number of aromatic nitrogens is 3. The molecular weight excluding hydrogens is 441 g/mol. The molecule has 2 aliphatic heterocycles. The van der Waals surface area contributed by atoms with E-state index < -0.39 is 0 Å². The number of nitrogens with zero attached hydrogens (tertiary/aromatic N) is 5. The summed E-state index contributed by atoms with van der Waals surface area (Å²) in [6.07, 6.45) is -0.191. The highest BCUT2D eigenvalue weighted by molar-refractivity contribution is 5.95. The van der Waals surface area contributed by atoms with Gasteiger partial charge in [0.05, 0.1) is 26.0 Å². The lowest BCUT2D eigenvalue weighted by Gasteiger charge is -2.34. The van der Waals surface area contributed by atoms with Crippen molar-refractivity contribution in [1.82, 2.24) is 24.8 Å². The monoisotopic (exact) mass is 465 g/mol. The minimum Gasteiger partial charge on any atom is -0.497 e. The molecule has 0 aliphatic carbocycles. The molecule has 1 fully saturated rings. The van der Waals surface area contributed by atoms with E-state index in [1.165, 1.54) is 24.3 Å². The second-order valence-corrected chi connectivity index (χ2v) is 8.23. The molecule has 34 heavy (non-hydrogen) atoms. The number of hydrogen-bond acceptors (Lipinski definition) is 6. The Bertz CT molecular complexity index is 1190. The van der Waals surface area contributed by atoms with Crippen molar-refractivity contribution < 1.29 is 23.5 Å². The predicted molar refractivity (Wildman–Crippen MR) is 119 cm³/mol. The van der Waals surface area contributed by atoms with Gasteiger partial charge in [-0.15, -0.1) is 5.10 Å². The topological polar surface area (TPSA) is 89.8 Å². The van der Waals surface area contributed by atoms with Gasteiger partial charge in [0.2, 0.25) is 0 Å². The summed E-state index contributed by atoms with van der Waals surface area (Å²) in [5.74, 6) is -0.00985. The number of ether oxygens (including phenoxy) is 2. The van der Waals surface area contributed by atoms with Crippen LogP contribution < -0.4 is 4.74 Å². The van der Waals surface area contributed by atoms with Crippen molar-refractivity contribution in [2.75, 3.05) is 33.3 Å². The maximum atomic E-state index is 13.1. The molecule has 2 aliphatic rings. The standard InChI is InChI=1S/C24H24FN5O4/c1-33-19-8-4-16(5-9-19)21-14-30-20(15-34-21)22(26-27-30)24(32)29-12-10-28(11-13-29)23(31)17-2-6-18(25)7-3-17/h2-9,21H,10-15H2,1H3/t21-/m0/s1. The second-order valence-electron chi connectivity index (χ2n) is 8.23. The molecular formula is C24H24FN5O4. The number of hydrogen-bond donors (Lipinski definition) is 0. The number of fused-ring (bicyclic) bond motifs is 1. The average molecular weight is 465 g/mol. The minimum absolute atomic E-state index is 0.175. The Morgan fingerprint density at radius 2 is 1.62 bits per heavy atom. The van der Waals surface area contributed by atoms with E-state index in [0.717, 1.165) is 11.3 Å². The van der Waals surface area contributed by atoms with Crippen LogP contribution in [0.1, 0.15) is 38.2 Å². The SMILES string of the molecule is COc1ccc([C@@H]2Cn3nnc(C(=O)N4CCN(C(=O)c5ccc(F)cc5)CC4)c3CO2)cc1. The first-order valence-electron chi connectivity index (χ1n) is 11.1. The normalized spacial score (nSPS) is 17.9. The van der Waals surface area contributed by atoms with Crippen LogP contribution >= 0.6 is 0 Å². The van der Waals surface area contributed by atoms with Crippen molar-refractivity contribution in [3.8, 4) is 5.75 Å². The Balaban J connectivity index is 1.21. The number of carbonyl (C=O) groups excluding carboxylic acids is 2. The van der Waals surface area contributed by atoms with E-state index in [1.54, 1.807) is 21.6 Å². The number of methoxy groups -OCH3 is 1. The fourth-order valence-electron chi connectivity index (χ4n) is 4.24. The molecule has 0 saturated carbocycles. The van der Waals surface area contributed by atoms with E-state index in [2.05, 4.69) is 10.3 Å². The zero-order valence-electron chi connectivity index (χ0n) is 18.7. The molecule has 2 amide bonds. The maximum Gasteiger partial charge on any atom is 0.276 e. The fourth-order valence-corrected chi connectivity index (χ4v) is 4.24. The van der Waals surface area contributed by atoms with Gasteiger partial charge in [-0.3, -0.25) is 9.59 Å². The third-order valence-corrected chi connectivity index (χ3v) is 6.23. The summed E-state index contributed by atoms with van der Waals surface area (Å²) in [7, 11) is 1.62. The summed E-state index contributed by atoms with van der Waals surface area (Å²) >= 11 is 0. The van der Waals surface area contributed by atoms with Crippen LogP contribution in [0.4, 0.5) is 4.39 Å². The van der Waals surface area contributed by atoms with Gasteiger partial charge in [-0.05, 0) is 42.0 Å². The zero-order valence-corrected chi connectivity index (χ0v) is 18.7. The van der Waals surface area contributed by atoms with E-state index >= 15 is 0 Å². The molecule has 10 heteroatoms. The van der Waals surface area contributed by atoms with Crippen LogP contribution in [0.3, 0.4) is 0 Å². The Morgan fingerprint density at radius 3 is 2.26 bits per heavy atom. The van der Waals surface area contributed by atoms with Gasteiger partial charge in [-0.25, -0.2) is 9.07 Å². The van der Waals surface area contributed by atoms with Gasteiger partial charge < -0.3 is 19.3 Å². The van der Waals surface area contributed by atoms with Crippen molar-refractivity contribution in [3.63, 3.8) is 0 Å². The van der Waals surface area contributed by atoms with Crippen LogP contribution in [-0.2, 0) is 17.9 Å². The van der Waals surface area contributed by atoms with Gasteiger partial charge in [-0.1, -0.05) is 17.3 Å². The van der Waals surface area contributed by atoms with Crippen molar-refractivity contribution in [1.29, 1.82) is 0 Å². The summed E-state index contributed by atoms with van der Waals surface area (Å²) in [5.41, 5.74) is 2.36.